The highest BCUT2D eigenvalue weighted by atomic mass is 15.5. The summed E-state index contributed by atoms with van der Waals surface area (Å²) in [6.07, 6.45) is 4.87. The molecule has 4 nitrogen and oxygen atoms in total. The van der Waals surface area contributed by atoms with E-state index in [0.717, 1.165) is 19.5 Å². The standard InChI is InChI=1S/C10H16N4/c1-10(4-2-5-10)14-9-7-11-6-3-8(9)12-13-14/h11H,2-7H2,1H3. The van der Waals surface area contributed by atoms with Crippen molar-refractivity contribution in [2.45, 2.75) is 44.7 Å². The molecular weight excluding hydrogens is 176 g/mol. The summed E-state index contributed by atoms with van der Waals surface area (Å²) in [5.41, 5.74) is 2.79. The molecule has 0 spiro atoms. The summed E-state index contributed by atoms with van der Waals surface area (Å²) < 4.78 is 2.16. The number of fused-ring (bicyclic) bond motifs is 1. The number of rotatable bonds is 1. The van der Waals surface area contributed by atoms with Crippen molar-refractivity contribution in [1.29, 1.82) is 0 Å². The van der Waals surface area contributed by atoms with Crippen molar-refractivity contribution in [1.82, 2.24) is 20.3 Å². The molecule has 0 radical (unpaired) electrons. The number of aromatic nitrogens is 3. The maximum Gasteiger partial charge on any atom is 0.0885 e. The summed E-state index contributed by atoms with van der Waals surface area (Å²) in [7, 11) is 0. The Hall–Kier alpha value is -0.900. The Balaban J connectivity index is 2.01. The van der Waals surface area contributed by atoms with Gasteiger partial charge in [-0.25, -0.2) is 4.68 Å². The lowest BCUT2D eigenvalue weighted by Crippen LogP contribution is -2.40. The van der Waals surface area contributed by atoms with E-state index in [0.29, 0.717) is 0 Å². The van der Waals surface area contributed by atoms with Crippen molar-refractivity contribution in [3.63, 3.8) is 0 Å². The minimum absolute atomic E-state index is 0.263. The van der Waals surface area contributed by atoms with Gasteiger partial charge in [-0.2, -0.15) is 0 Å². The Morgan fingerprint density at radius 3 is 3.00 bits per heavy atom. The van der Waals surface area contributed by atoms with Gasteiger partial charge in [-0.05, 0) is 26.2 Å². The first-order valence-electron chi connectivity index (χ1n) is 5.44. The fraction of sp³-hybridized carbons (Fsp3) is 0.800. The third-order valence-electron chi connectivity index (χ3n) is 3.62. The normalized spacial score (nSPS) is 24.1. The Labute approximate surface area is 83.7 Å². The maximum atomic E-state index is 4.32. The second kappa shape index (κ2) is 2.79. The van der Waals surface area contributed by atoms with Crippen LogP contribution in [0.25, 0.3) is 0 Å². The molecule has 0 bridgehead atoms. The van der Waals surface area contributed by atoms with Crippen molar-refractivity contribution < 1.29 is 0 Å². The van der Waals surface area contributed by atoms with Crippen LogP contribution in [0.15, 0.2) is 0 Å². The van der Waals surface area contributed by atoms with Gasteiger partial charge in [-0.15, -0.1) is 5.10 Å². The molecule has 4 heteroatoms. The molecule has 2 aliphatic rings. The second-order valence-electron chi connectivity index (χ2n) is 4.67. The first-order valence-corrected chi connectivity index (χ1v) is 5.44. The molecule has 1 saturated carbocycles. The lowest BCUT2D eigenvalue weighted by atomic mass is 9.78. The summed E-state index contributed by atoms with van der Waals surface area (Å²) in [5, 5.41) is 12.0. The summed E-state index contributed by atoms with van der Waals surface area (Å²) in [6.45, 7) is 4.28. The smallest absolute Gasteiger partial charge is 0.0885 e. The minimum atomic E-state index is 0.263. The molecule has 0 saturated heterocycles. The van der Waals surface area contributed by atoms with Crippen LogP contribution < -0.4 is 5.32 Å². The molecule has 1 aromatic heterocycles. The predicted molar refractivity (Wildman–Crippen MR) is 52.9 cm³/mol. The highest BCUT2D eigenvalue weighted by Crippen LogP contribution is 2.39. The van der Waals surface area contributed by atoms with Crippen LogP contribution in [0.1, 0.15) is 37.6 Å². The van der Waals surface area contributed by atoms with Gasteiger partial charge in [0.15, 0.2) is 0 Å². The fourth-order valence-corrected chi connectivity index (χ4v) is 2.45. The van der Waals surface area contributed by atoms with Gasteiger partial charge in [0.2, 0.25) is 0 Å². The van der Waals surface area contributed by atoms with Crippen LogP contribution in [0.4, 0.5) is 0 Å². The van der Waals surface area contributed by atoms with Crippen LogP contribution in [0.2, 0.25) is 0 Å². The van der Waals surface area contributed by atoms with Crippen LogP contribution in [0, 0.1) is 0 Å². The van der Waals surface area contributed by atoms with Gasteiger partial charge in [-0.1, -0.05) is 5.21 Å². The van der Waals surface area contributed by atoms with Gasteiger partial charge in [0.25, 0.3) is 0 Å². The van der Waals surface area contributed by atoms with E-state index in [1.807, 2.05) is 0 Å². The molecule has 1 aliphatic carbocycles. The minimum Gasteiger partial charge on any atom is -0.311 e. The molecular formula is C10H16N4. The van der Waals surface area contributed by atoms with E-state index in [2.05, 4.69) is 27.2 Å². The van der Waals surface area contributed by atoms with Crippen LogP contribution in [-0.4, -0.2) is 21.5 Å². The first-order chi connectivity index (χ1) is 6.80. The van der Waals surface area contributed by atoms with Gasteiger partial charge in [0.05, 0.1) is 16.9 Å². The molecule has 0 unspecified atom stereocenters. The monoisotopic (exact) mass is 192 g/mol. The van der Waals surface area contributed by atoms with Gasteiger partial charge >= 0.3 is 0 Å². The van der Waals surface area contributed by atoms with Crippen molar-refractivity contribution in [3.05, 3.63) is 11.4 Å². The largest absolute Gasteiger partial charge is 0.311 e. The SMILES string of the molecule is CC1(n2nnc3c2CNCC3)CCC1. The van der Waals surface area contributed by atoms with E-state index in [1.54, 1.807) is 0 Å². The number of nitrogens with one attached hydrogen (secondary N) is 1. The zero-order chi connectivity index (χ0) is 9.60. The van der Waals surface area contributed by atoms with E-state index in [-0.39, 0.29) is 5.54 Å². The molecule has 14 heavy (non-hydrogen) atoms. The molecule has 0 amide bonds. The Morgan fingerprint density at radius 2 is 2.29 bits per heavy atom. The lowest BCUT2D eigenvalue weighted by Gasteiger charge is -2.39. The van der Waals surface area contributed by atoms with E-state index < -0.39 is 0 Å². The Kier molecular flexibility index (Phi) is 1.68. The average Bonchev–Trinajstić information content (AvgIpc) is 2.58. The van der Waals surface area contributed by atoms with Crippen LogP contribution in [0.3, 0.4) is 0 Å². The first kappa shape index (κ1) is 8.41. The maximum absolute atomic E-state index is 4.32. The molecule has 3 rings (SSSR count). The van der Waals surface area contributed by atoms with Gasteiger partial charge < -0.3 is 5.32 Å². The number of hydrogen-bond donors (Lipinski definition) is 1. The summed E-state index contributed by atoms with van der Waals surface area (Å²) in [6, 6.07) is 0. The number of hydrogen-bond acceptors (Lipinski definition) is 3. The topological polar surface area (TPSA) is 42.7 Å². The third-order valence-corrected chi connectivity index (χ3v) is 3.62. The van der Waals surface area contributed by atoms with Crippen molar-refractivity contribution in [2.24, 2.45) is 0 Å². The van der Waals surface area contributed by atoms with Gasteiger partial charge in [-0.3, -0.25) is 0 Å². The zero-order valence-corrected chi connectivity index (χ0v) is 8.58. The van der Waals surface area contributed by atoms with E-state index in [1.165, 1.54) is 30.7 Å². The molecule has 76 valence electrons. The predicted octanol–water partition coefficient (Wildman–Crippen LogP) is 0.823. The Bertz CT molecular complexity index is 351. The highest BCUT2D eigenvalue weighted by molar-refractivity contribution is 5.16. The van der Waals surface area contributed by atoms with Crippen molar-refractivity contribution in [3.8, 4) is 0 Å². The third kappa shape index (κ3) is 1.03. The van der Waals surface area contributed by atoms with Crippen LogP contribution in [0.5, 0.6) is 0 Å². The highest BCUT2D eigenvalue weighted by Gasteiger charge is 2.37. The van der Waals surface area contributed by atoms with Crippen molar-refractivity contribution >= 4 is 0 Å². The van der Waals surface area contributed by atoms with Crippen LogP contribution >= 0.6 is 0 Å². The van der Waals surface area contributed by atoms with E-state index >= 15 is 0 Å². The molecule has 0 atom stereocenters. The van der Waals surface area contributed by atoms with Gasteiger partial charge in [0.1, 0.15) is 0 Å². The van der Waals surface area contributed by atoms with Crippen LogP contribution in [-0.2, 0) is 18.5 Å². The molecule has 1 N–H and O–H groups in total. The molecule has 2 heterocycles. The summed E-state index contributed by atoms with van der Waals surface area (Å²) in [5.74, 6) is 0. The van der Waals surface area contributed by atoms with Crippen molar-refractivity contribution in [2.75, 3.05) is 6.54 Å². The second-order valence-corrected chi connectivity index (χ2v) is 4.67. The molecule has 1 fully saturated rings. The molecule has 1 aliphatic heterocycles. The summed E-state index contributed by atoms with van der Waals surface area (Å²) in [4.78, 5) is 0. The van der Waals surface area contributed by atoms with E-state index in [9.17, 15) is 0 Å². The number of nitrogens with zero attached hydrogens (tertiary/aromatic N) is 3. The summed E-state index contributed by atoms with van der Waals surface area (Å²) >= 11 is 0. The molecule has 0 aromatic carbocycles. The zero-order valence-electron chi connectivity index (χ0n) is 8.58. The fourth-order valence-electron chi connectivity index (χ4n) is 2.45. The van der Waals surface area contributed by atoms with E-state index in [4.69, 9.17) is 0 Å². The Morgan fingerprint density at radius 1 is 1.43 bits per heavy atom. The quantitative estimate of drug-likeness (QED) is 0.716. The van der Waals surface area contributed by atoms with Gasteiger partial charge in [0, 0.05) is 19.5 Å². The molecule has 1 aromatic rings. The average molecular weight is 192 g/mol. The lowest BCUT2D eigenvalue weighted by molar-refractivity contribution is 0.140.